The Morgan fingerprint density at radius 2 is 1.69 bits per heavy atom. The first-order chi connectivity index (χ1) is 13.9. The summed E-state index contributed by atoms with van der Waals surface area (Å²) >= 11 is 0. The minimum absolute atomic E-state index is 0.0413. The number of hydrogen-bond donors (Lipinski definition) is 0. The van der Waals surface area contributed by atoms with E-state index < -0.39 is 0 Å². The van der Waals surface area contributed by atoms with E-state index in [9.17, 15) is 9.59 Å². The largest absolute Gasteiger partial charge is 0.458 e. The molecule has 0 bridgehead atoms. The van der Waals surface area contributed by atoms with Gasteiger partial charge in [0.15, 0.2) is 0 Å². The molecule has 0 radical (unpaired) electrons. The van der Waals surface area contributed by atoms with E-state index in [0.717, 1.165) is 43.9 Å². The summed E-state index contributed by atoms with van der Waals surface area (Å²) in [7, 11) is 0. The van der Waals surface area contributed by atoms with Gasteiger partial charge in [0.05, 0.1) is 5.56 Å². The third-order valence-electron chi connectivity index (χ3n) is 9.65. The summed E-state index contributed by atoms with van der Waals surface area (Å²) in [6, 6.07) is 9.42. The third kappa shape index (κ3) is 2.99. The molecule has 0 amide bonds. The topological polar surface area (TPSA) is 43.4 Å². The predicted octanol–water partition coefficient (Wildman–Crippen LogP) is 5.82. The Kier molecular flexibility index (Phi) is 4.64. The summed E-state index contributed by atoms with van der Waals surface area (Å²) in [6.07, 6.45) is 9.79. The van der Waals surface area contributed by atoms with Gasteiger partial charge in [-0.3, -0.25) is 4.79 Å². The van der Waals surface area contributed by atoms with E-state index in [1.54, 1.807) is 0 Å². The van der Waals surface area contributed by atoms with Gasteiger partial charge in [0, 0.05) is 18.3 Å². The van der Waals surface area contributed by atoms with Gasteiger partial charge in [-0.15, -0.1) is 0 Å². The molecule has 1 aromatic carbocycles. The molecule has 5 rings (SSSR count). The lowest BCUT2D eigenvalue weighted by Gasteiger charge is -2.60. The van der Waals surface area contributed by atoms with E-state index in [2.05, 4.69) is 13.8 Å². The fourth-order valence-corrected chi connectivity index (χ4v) is 7.96. The van der Waals surface area contributed by atoms with Crippen molar-refractivity contribution >= 4 is 11.8 Å². The van der Waals surface area contributed by atoms with E-state index in [1.807, 2.05) is 30.3 Å². The number of benzene rings is 1. The van der Waals surface area contributed by atoms with Crippen LogP contribution in [0.25, 0.3) is 0 Å². The van der Waals surface area contributed by atoms with Crippen LogP contribution in [-0.2, 0) is 9.53 Å². The predicted molar refractivity (Wildman–Crippen MR) is 112 cm³/mol. The highest BCUT2D eigenvalue weighted by Crippen LogP contribution is 2.66. The van der Waals surface area contributed by atoms with Gasteiger partial charge >= 0.3 is 5.97 Å². The molecule has 0 N–H and O–H groups in total. The molecule has 7 atom stereocenters. The van der Waals surface area contributed by atoms with E-state index in [4.69, 9.17) is 4.74 Å². The van der Waals surface area contributed by atoms with E-state index in [0.29, 0.717) is 28.6 Å². The molecule has 0 aromatic heterocycles. The van der Waals surface area contributed by atoms with Crippen LogP contribution in [0.3, 0.4) is 0 Å². The van der Waals surface area contributed by atoms with Crippen LogP contribution in [0.1, 0.15) is 82.0 Å². The normalized spacial score (nSPS) is 43.8. The van der Waals surface area contributed by atoms with E-state index in [1.165, 1.54) is 25.7 Å². The smallest absolute Gasteiger partial charge is 0.338 e. The molecular weight excluding hydrogens is 360 g/mol. The Bertz CT molecular complexity index is 801. The highest BCUT2D eigenvalue weighted by atomic mass is 16.5. The molecule has 3 heteroatoms. The van der Waals surface area contributed by atoms with Crippen LogP contribution < -0.4 is 0 Å². The monoisotopic (exact) mass is 394 g/mol. The van der Waals surface area contributed by atoms with Gasteiger partial charge in [-0.1, -0.05) is 32.0 Å². The molecule has 3 nitrogen and oxygen atoms in total. The van der Waals surface area contributed by atoms with Gasteiger partial charge in [0.1, 0.15) is 11.9 Å². The van der Waals surface area contributed by atoms with E-state index >= 15 is 0 Å². The van der Waals surface area contributed by atoms with Crippen molar-refractivity contribution in [2.45, 2.75) is 77.7 Å². The van der Waals surface area contributed by atoms with Crippen molar-refractivity contribution in [3.8, 4) is 0 Å². The van der Waals surface area contributed by atoms with Crippen LogP contribution in [0.15, 0.2) is 30.3 Å². The Labute approximate surface area is 174 Å². The summed E-state index contributed by atoms with van der Waals surface area (Å²) in [5.74, 6) is 3.06. The van der Waals surface area contributed by atoms with Crippen LogP contribution >= 0.6 is 0 Å². The molecule has 4 saturated carbocycles. The molecule has 0 spiro atoms. The van der Waals surface area contributed by atoms with Crippen molar-refractivity contribution in [3.63, 3.8) is 0 Å². The van der Waals surface area contributed by atoms with Crippen LogP contribution in [0, 0.1) is 34.5 Å². The fourth-order valence-electron chi connectivity index (χ4n) is 7.96. The lowest BCUT2D eigenvalue weighted by atomic mass is 9.45. The number of ketones is 1. The minimum atomic E-state index is -0.166. The zero-order valence-corrected chi connectivity index (χ0v) is 17.9. The van der Waals surface area contributed by atoms with Gasteiger partial charge in [0.25, 0.3) is 0 Å². The molecule has 0 aliphatic heterocycles. The van der Waals surface area contributed by atoms with E-state index in [-0.39, 0.29) is 17.5 Å². The molecule has 0 unspecified atom stereocenters. The van der Waals surface area contributed by atoms with Crippen molar-refractivity contribution in [1.82, 2.24) is 0 Å². The first-order valence-corrected chi connectivity index (χ1v) is 11.7. The zero-order valence-electron chi connectivity index (χ0n) is 17.9. The third-order valence-corrected chi connectivity index (χ3v) is 9.65. The molecule has 156 valence electrons. The average molecular weight is 395 g/mol. The van der Waals surface area contributed by atoms with Gasteiger partial charge in [0.2, 0.25) is 0 Å². The molecule has 1 aromatic rings. The maximum atomic E-state index is 12.7. The van der Waals surface area contributed by atoms with Crippen molar-refractivity contribution in [2.24, 2.45) is 34.5 Å². The Morgan fingerprint density at radius 3 is 2.48 bits per heavy atom. The quantitative estimate of drug-likeness (QED) is 0.593. The summed E-state index contributed by atoms with van der Waals surface area (Å²) < 4.78 is 6.11. The second-order valence-corrected chi connectivity index (χ2v) is 10.8. The molecule has 4 aliphatic rings. The summed E-state index contributed by atoms with van der Waals surface area (Å²) in [4.78, 5) is 24.8. The van der Waals surface area contributed by atoms with Crippen LogP contribution in [0.4, 0.5) is 0 Å². The Balaban J connectivity index is 1.34. The van der Waals surface area contributed by atoms with Gasteiger partial charge in [-0.25, -0.2) is 4.79 Å². The highest BCUT2D eigenvalue weighted by molar-refractivity contribution is 5.89. The number of hydrogen-bond acceptors (Lipinski definition) is 3. The Morgan fingerprint density at radius 1 is 0.931 bits per heavy atom. The fraction of sp³-hybridized carbons (Fsp3) is 0.692. The number of esters is 1. The van der Waals surface area contributed by atoms with Crippen LogP contribution in [0.5, 0.6) is 0 Å². The van der Waals surface area contributed by atoms with Crippen molar-refractivity contribution in [2.75, 3.05) is 0 Å². The first-order valence-electron chi connectivity index (χ1n) is 11.7. The number of ether oxygens (including phenoxy) is 1. The molecule has 0 heterocycles. The molecule has 29 heavy (non-hydrogen) atoms. The lowest BCUT2D eigenvalue weighted by Crippen LogP contribution is -2.54. The average Bonchev–Trinajstić information content (AvgIpc) is 3.05. The zero-order chi connectivity index (χ0) is 20.2. The van der Waals surface area contributed by atoms with Gasteiger partial charge in [-0.2, -0.15) is 0 Å². The summed E-state index contributed by atoms with van der Waals surface area (Å²) in [5.41, 5.74) is 1.11. The molecule has 4 fully saturated rings. The SMILES string of the molecule is C[C@]12CCC(=O)C[C@H]1CC[C@@H]1[C@@H]2CC[C@]2(C)[C@H](OC(=O)c3ccccc3)CC[C@@H]12. The molecule has 0 saturated heterocycles. The van der Waals surface area contributed by atoms with Gasteiger partial charge < -0.3 is 4.74 Å². The second kappa shape index (κ2) is 6.96. The van der Waals surface area contributed by atoms with Crippen molar-refractivity contribution < 1.29 is 14.3 Å². The molecular formula is C26H34O3. The maximum Gasteiger partial charge on any atom is 0.338 e. The highest BCUT2D eigenvalue weighted by Gasteiger charge is 2.61. The van der Waals surface area contributed by atoms with Crippen molar-refractivity contribution in [1.29, 1.82) is 0 Å². The maximum absolute atomic E-state index is 12.7. The van der Waals surface area contributed by atoms with Crippen molar-refractivity contribution in [3.05, 3.63) is 35.9 Å². The second-order valence-electron chi connectivity index (χ2n) is 10.8. The lowest BCUT2D eigenvalue weighted by molar-refractivity contribution is -0.142. The number of fused-ring (bicyclic) bond motifs is 5. The summed E-state index contributed by atoms with van der Waals surface area (Å²) in [5, 5.41) is 0. The summed E-state index contributed by atoms with van der Waals surface area (Å²) in [6.45, 7) is 4.88. The van der Waals surface area contributed by atoms with Crippen LogP contribution in [0.2, 0.25) is 0 Å². The number of rotatable bonds is 2. The number of Topliss-reactive ketones (excluding diaryl/α,β-unsaturated/α-hetero) is 1. The molecule has 4 aliphatic carbocycles. The minimum Gasteiger partial charge on any atom is -0.458 e. The standard InChI is InChI=1S/C26H34O3/c1-25-14-12-19(27)16-18(25)8-9-20-21-10-11-23(26(21,2)15-13-22(20)25)29-24(28)17-6-4-3-5-7-17/h3-7,18,20-23H,8-16H2,1-2H3/t18-,20+,21+,22+,23-,25+,26+/m1/s1. The number of carbonyl (C=O) groups excluding carboxylic acids is 2. The van der Waals surface area contributed by atoms with Gasteiger partial charge in [-0.05, 0) is 86.2 Å². The number of carbonyl (C=O) groups is 2. The Hall–Kier alpha value is -1.64. The first kappa shape index (κ1) is 19.3. The van der Waals surface area contributed by atoms with Crippen LogP contribution in [-0.4, -0.2) is 17.9 Å².